The zero-order valence-electron chi connectivity index (χ0n) is 11.8. The van der Waals surface area contributed by atoms with Crippen LogP contribution in [0.2, 0.25) is 0 Å². The normalized spacial score (nSPS) is 12.8. The minimum Gasteiger partial charge on any atom is -0.340 e. The van der Waals surface area contributed by atoms with Gasteiger partial charge in [-0.15, -0.1) is 0 Å². The van der Waals surface area contributed by atoms with E-state index in [2.05, 4.69) is 59.3 Å². The van der Waals surface area contributed by atoms with Gasteiger partial charge in [0.25, 0.3) is 0 Å². The summed E-state index contributed by atoms with van der Waals surface area (Å²) in [6.07, 6.45) is 1.12. The number of rotatable bonds is 6. The summed E-state index contributed by atoms with van der Waals surface area (Å²) in [4.78, 5) is 6.44. The van der Waals surface area contributed by atoms with Crippen molar-refractivity contribution in [3.8, 4) is 0 Å². The lowest BCUT2D eigenvalue weighted by molar-refractivity contribution is 0.297. The van der Waals surface area contributed by atoms with Crippen LogP contribution in [0.4, 0.5) is 0 Å². The Bertz CT molecular complexity index is 495. The van der Waals surface area contributed by atoms with Crippen molar-refractivity contribution in [1.82, 2.24) is 15.0 Å². The number of aryl methyl sites for hydroxylation is 1. The van der Waals surface area contributed by atoms with Gasteiger partial charge in [0.05, 0.1) is 6.54 Å². The van der Waals surface area contributed by atoms with Crippen LogP contribution >= 0.6 is 0 Å². The maximum Gasteiger partial charge on any atom is 0.223 e. The predicted molar refractivity (Wildman–Crippen MR) is 74.8 cm³/mol. The summed E-state index contributed by atoms with van der Waals surface area (Å²) in [6.45, 7) is 5.83. The van der Waals surface area contributed by atoms with Crippen molar-refractivity contribution < 1.29 is 4.52 Å². The van der Waals surface area contributed by atoms with Crippen molar-refractivity contribution in [2.75, 3.05) is 13.6 Å². The summed E-state index contributed by atoms with van der Waals surface area (Å²) in [6, 6.07) is 10.6. The van der Waals surface area contributed by atoms with Crippen LogP contribution in [0.5, 0.6) is 0 Å². The van der Waals surface area contributed by atoms with Gasteiger partial charge in [0, 0.05) is 6.92 Å². The first-order valence-electron chi connectivity index (χ1n) is 6.68. The van der Waals surface area contributed by atoms with E-state index in [4.69, 9.17) is 4.52 Å². The molecule has 19 heavy (non-hydrogen) atoms. The van der Waals surface area contributed by atoms with E-state index < -0.39 is 0 Å². The molecule has 0 spiro atoms. The fourth-order valence-electron chi connectivity index (χ4n) is 2.09. The Morgan fingerprint density at radius 2 is 2.00 bits per heavy atom. The van der Waals surface area contributed by atoms with Crippen LogP contribution in [0.3, 0.4) is 0 Å². The summed E-state index contributed by atoms with van der Waals surface area (Å²) in [5.41, 5.74) is 1.39. The van der Waals surface area contributed by atoms with E-state index in [1.54, 1.807) is 0 Å². The van der Waals surface area contributed by atoms with Gasteiger partial charge in [-0.25, -0.2) is 0 Å². The molecule has 0 radical (unpaired) electrons. The molecule has 0 aliphatic heterocycles. The Morgan fingerprint density at radius 3 is 2.63 bits per heavy atom. The van der Waals surface area contributed by atoms with Crippen molar-refractivity contribution in [2.45, 2.75) is 32.7 Å². The predicted octanol–water partition coefficient (Wildman–Crippen LogP) is 3.00. The fraction of sp³-hybridized carbons (Fsp3) is 0.467. The van der Waals surface area contributed by atoms with E-state index in [1.165, 1.54) is 5.56 Å². The third-order valence-corrected chi connectivity index (χ3v) is 3.29. The second-order valence-electron chi connectivity index (χ2n) is 5.07. The van der Waals surface area contributed by atoms with E-state index >= 15 is 0 Å². The molecule has 102 valence electrons. The van der Waals surface area contributed by atoms with Gasteiger partial charge in [-0.1, -0.05) is 42.4 Å². The van der Waals surface area contributed by atoms with Gasteiger partial charge in [0.15, 0.2) is 5.82 Å². The summed E-state index contributed by atoms with van der Waals surface area (Å²) in [5.74, 6) is 1.95. The lowest BCUT2D eigenvalue weighted by atomic mass is 9.98. The second kappa shape index (κ2) is 6.48. The number of hydrogen-bond donors (Lipinski definition) is 0. The van der Waals surface area contributed by atoms with E-state index in [0.717, 1.165) is 25.3 Å². The summed E-state index contributed by atoms with van der Waals surface area (Å²) in [5, 5.41) is 3.91. The molecular formula is C15H21N3O. The van der Waals surface area contributed by atoms with Crippen molar-refractivity contribution in [2.24, 2.45) is 0 Å². The Balaban J connectivity index is 1.79. The molecule has 1 heterocycles. The molecule has 2 aromatic rings. The quantitative estimate of drug-likeness (QED) is 0.799. The molecule has 1 unspecified atom stereocenters. The minimum atomic E-state index is 0.565. The molecule has 0 N–H and O–H groups in total. The molecule has 1 aromatic heterocycles. The second-order valence-corrected chi connectivity index (χ2v) is 5.07. The van der Waals surface area contributed by atoms with Gasteiger partial charge in [-0.05, 0) is 31.5 Å². The Morgan fingerprint density at radius 1 is 1.26 bits per heavy atom. The summed E-state index contributed by atoms with van der Waals surface area (Å²) >= 11 is 0. The lowest BCUT2D eigenvalue weighted by Gasteiger charge is -2.18. The first-order chi connectivity index (χ1) is 9.15. The topological polar surface area (TPSA) is 42.2 Å². The standard InChI is InChI=1S/C15H21N3O/c1-12(14-7-5-4-6-8-14)9-10-18(3)11-15-16-13(2)19-17-15/h4-8,12H,9-11H2,1-3H3. The van der Waals surface area contributed by atoms with Crippen LogP contribution in [0.1, 0.15) is 36.5 Å². The molecule has 2 rings (SSSR count). The van der Waals surface area contributed by atoms with Crippen LogP contribution in [0.25, 0.3) is 0 Å². The monoisotopic (exact) mass is 259 g/mol. The van der Waals surface area contributed by atoms with Crippen molar-refractivity contribution in [3.63, 3.8) is 0 Å². The van der Waals surface area contributed by atoms with Gasteiger partial charge < -0.3 is 4.52 Å². The Hall–Kier alpha value is -1.68. The Labute approximate surface area is 114 Å². The summed E-state index contributed by atoms with van der Waals surface area (Å²) in [7, 11) is 2.09. The van der Waals surface area contributed by atoms with Gasteiger partial charge in [-0.3, -0.25) is 4.90 Å². The molecule has 0 amide bonds. The van der Waals surface area contributed by atoms with Crippen molar-refractivity contribution in [3.05, 3.63) is 47.6 Å². The molecule has 4 nitrogen and oxygen atoms in total. The Kier molecular flexibility index (Phi) is 4.68. The highest BCUT2D eigenvalue weighted by Crippen LogP contribution is 2.18. The van der Waals surface area contributed by atoms with Gasteiger partial charge in [-0.2, -0.15) is 4.98 Å². The number of hydrogen-bond acceptors (Lipinski definition) is 4. The molecule has 0 saturated carbocycles. The van der Waals surface area contributed by atoms with E-state index in [9.17, 15) is 0 Å². The molecule has 1 aromatic carbocycles. The van der Waals surface area contributed by atoms with Gasteiger partial charge in [0.1, 0.15) is 0 Å². The highest BCUT2D eigenvalue weighted by Gasteiger charge is 2.09. The largest absolute Gasteiger partial charge is 0.340 e. The zero-order chi connectivity index (χ0) is 13.7. The van der Waals surface area contributed by atoms with Crippen LogP contribution in [0, 0.1) is 6.92 Å². The zero-order valence-corrected chi connectivity index (χ0v) is 11.8. The molecule has 1 atom stereocenters. The fourth-order valence-corrected chi connectivity index (χ4v) is 2.09. The molecule has 0 aliphatic rings. The highest BCUT2D eigenvalue weighted by molar-refractivity contribution is 5.18. The molecule has 4 heteroatoms. The minimum absolute atomic E-state index is 0.565. The average molecular weight is 259 g/mol. The SMILES string of the molecule is Cc1nc(CN(C)CCC(C)c2ccccc2)no1. The molecule has 0 saturated heterocycles. The van der Waals surface area contributed by atoms with E-state index in [0.29, 0.717) is 11.8 Å². The van der Waals surface area contributed by atoms with Crippen molar-refractivity contribution in [1.29, 1.82) is 0 Å². The molecule has 0 fully saturated rings. The molecule has 0 bridgehead atoms. The lowest BCUT2D eigenvalue weighted by Crippen LogP contribution is -2.21. The van der Waals surface area contributed by atoms with Crippen LogP contribution in [-0.4, -0.2) is 28.6 Å². The van der Waals surface area contributed by atoms with E-state index in [1.807, 2.05) is 6.92 Å². The first kappa shape index (κ1) is 13.7. The highest BCUT2D eigenvalue weighted by atomic mass is 16.5. The number of aromatic nitrogens is 2. The first-order valence-corrected chi connectivity index (χ1v) is 6.68. The van der Waals surface area contributed by atoms with Crippen molar-refractivity contribution >= 4 is 0 Å². The smallest absolute Gasteiger partial charge is 0.223 e. The van der Waals surface area contributed by atoms with Gasteiger partial charge >= 0.3 is 0 Å². The third kappa shape index (κ3) is 4.17. The molecule has 0 aliphatic carbocycles. The van der Waals surface area contributed by atoms with Crippen LogP contribution in [-0.2, 0) is 6.54 Å². The van der Waals surface area contributed by atoms with Crippen LogP contribution in [0.15, 0.2) is 34.9 Å². The van der Waals surface area contributed by atoms with Crippen LogP contribution < -0.4 is 0 Å². The average Bonchev–Trinajstić information content (AvgIpc) is 2.82. The van der Waals surface area contributed by atoms with E-state index in [-0.39, 0.29) is 0 Å². The maximum atomic E-state index is 4.97. The summed E-state index contributed by atoms with van der Waals surface area (Å²) < 4.78 is 4.97. The number of nitrogens with zero attached hydrogens (tertiary/aromatic N) is 3. The maximum absolute atomic E-state index is 4.97. The third-order valence-electron chi connectivity index (χ3n) is 3.29. The number of benzene rings is 1. The van der Waals surface area contributed by atoms with Gasteiger partial charge in [0.2, 0.25) is 5.89 Å². The molecular weight excluding hydrogens is 238 g/mol.